The Balaban J connectivity index is 2.23. The molecular weight excluding hydrogens is 210 g/mol. The summed E-state index contributed by atoms with van der Waals surface area (Å²) >= 11 is 0. The van der Waals surface area contributed by atoms with E-state index < -0.39 is 11.6 Å². The van der Waals surface area contributed by atoms with Crippen LogP contribution < -0.4 is 5.73 Å². The molecule has 1 heterocycles. The van der Waals surface area contributed by atoms with E-state index >= 15 is 0 Å². The van der Waals surface area contributed by atoms with E-state index in [2.05, 4.69) is 10.1 Å². The van der Waals surface area contributed by atoms with Crippen LogP contribution in [0.2, 0.25) is 0 Å². The first-order chi connectivity index (χ1) is 7.72. The molecule has 1 aromatic rings. The molecule has 0 aromatic carbocycles. The number of aliphatic hydroxyl groups excluding tert-OH is 1. The van der Waals surface area contributed by atoms with E-state index in [1.807, 2.05) is 0 Å². The summed E-state index contributed by atoms with van der Waals surface area (Å²) < 4.78 is 10.6. The fourth-order valence-electron chi connectivity index (χ4n) is 2.11. The fraction of sp³-hybridized carbons (Fsp3) is 0.800. The second-order valence-corrected chi connectivity index (χ2v) is 4.15. The molecule has 0 aliphatic heterocycles. The molecule has 16 heavy (non-hydrogen) atoms. The Morgan fingerprint density at radius 3 is 2.81 bits per heavy atom. The highest BCUT2D eigenvalue weighted by Gasteiger charge is 2.40. The number of rotatable bonds is 4. The number of nitrogens with zero attached hydrogens (tertiary/aromatic N) is 2. The number of aliphatic hydroxyl groups is 1. The van der Waals surface area contributed by atoms with Gasteiger partial charge < -0.3 is 20.1 Å². The van der Waals surface area contributed by atoms with Gasteiger partial charge in [-0.1, -0.05) is 5.16 Å². The second kappa shape index (κ2) is 4.48. The van der Waals surface area contributed by atoms with Gasteiger partial charge in [0, 0.05) is 7.11 Å². The molecule has 3 N–H and O–H groups in total. The first-order valence-electron chi connectivity index (χ1n) is 5.47. The van der Waals surface area contributed by atoms with Gasteiger partial charge in [-0.05, 0) is 25.7 Å². The van der Waals surface area contributed by atoms with Crippen LogP contribution in [0.4, 0.5) is 0 Å². The van der Waals surface area contributed by atoms with Gasteiger partial charge in [0.1, 0.15) is 11.6 Å². The van der Waals surface area contributed by atoms with Crippen LogP contribution in [0.5, 0.6) is 0 Å². The molecule has 1 saturated carbocycles. The lowest BCUT2D eigenvalue weighted by atomic mass is 10.0. The van der Waals surface area contributed by atoms with Crippen LogP contribution in [0.3, 0.4) is 0 Å². The third-order valence-electron chi connectivity index (χ3n) is 3.17. The van der Waals surface area contributed by atoms with Crippen molar-refractivity contribution in [3.63, 3.8) is 0 Å². The van der Waals surface area contributed by atoms with Crippen LogP contribution in [-0.2, 0) is 10.3 Å². The predicted octanol–water partition coefficient (Wildman–Crippen LogP) is 0.477. The molecule has 1 aliphatic rings. The molecular formula is C10H17N3O3. The molecule has 1 fully saturated rings. The number of aromatic nitrogens is 2. The average Bonchev–Trinajstić information content (AvgIpc) is 2.96. The maximum absolute atomic E-state index is 8.90. The summed E-state index contributed by atoms with van der Waals surface area (Å²) in [6.07, 6.45) is 4.00. The molecule has 6 nitrogen and oxygen atoms in total. The minimum atomic E-state index is -0.614. The standard InChI is InChI=1S/C10H17N3O3/c1-15-10(4-2-3-5-10)9-12-8(16-13-9)7(11)6-14/h7,14H,2-6,11H2,1H3/t7-/m1/s1. The Hall–Kier alpha value is -0.980. The van der Waals surface area contributed by atoms with Crippen molar-refractivity contribution in [1.29, 1.82) is 0 Å². The summed E-state index contributed by atoms with van der Waals surface area (Å²) in [6.45, 7) is -0.207. The van der Waals surface area contributed by atoms with Crippen molar-refractivity contribution < 1.29 is 14.4 Å². The van der Waals surface area contributed by atoms with Gasteiger partial charge in [-0.2, -0.15) is 4.98 Å². The summed E-state index contributed by atoms with van der Waals surface area (Å²) in [6, 6.07) is -0.614. The van der Waals surface area contributed by atoms with Crippen molar-refractivity contribution in [3.8, 4) is 0 Å². The third-order valence-corrected chi connectivity index (χ3v) is 3.17. The summed E-state index contributed by atoms with van der Waals surface area (Å²) in [4.78, 5) is 4.22. The number of hydrogen-bond donors (Lipinski definition) is 2. The van der Waals surface area contributed by atoms with E-state index in [-0.39, 0.29) is 12.5 Å². The fourth-order valence-corrected chi connectivity index (χ4v) is 2.11. The van der Waals surface area contributed by atoms with E-state index in [1.54, 1.807) is 7.11 Å². The first-order valence-corrected chi connectivity index (χ1v) is 5.47. The molecule has 90 valence electrons. The van der Waals surface area contributed by atoms with Gasteiger partial charge >= 0.3 is 0 Å². The number of nitrogens with two attached hydrogens (primary N) is 1. The monoisotopic (exact) mass is 227 g/mol. The zero-order valence-electron chi connectivity index (χ0n) is 9.35. The van der Waals surface area contributed by atoms with E-state index in [1.165, 1.54) is 0 Å². The van der Waals surface area contributed by atoms with Crippen LogP contribution in [-0.4, -0.2) is 29.0 Å². The quantitative estimate of drug-likeness (QED) is 0.776. The predicted molar refractivity (Wildman–Crippen MR) is 55.5 cm³/mol. The Morgan fingerprint density at radius 2 is 2.25 bits per heavy atom. The molecule has 0 radical (unpaired) electrons. The number of ether oxygens (including phenoxy) is 1. The van der Waals surface area contributed by atoms with Gasteiger partial charge in [-0.15, -0.1) is 0 Å². The normalized spacial score (nSPS) is 21.2. The van der Waals surface area contributed by atoms with Crippen LogP contribution in [0.1, 0.15) is 43.4 Å². The molecule has 0 bridgehead atoms. The topological polar surface area (TPSA) is 94.4 Å². The number of hydrogen-bond acceptors (Lipinski definition) is 6. The summed E-state index contributed by atoms with van der Waals surface area (Å²) in [5, 5.41) is 12.8. The number of methoxy groups -OCH3 is 1. The largest absolute Gasteiger partial charge is 0.394 e. The summed E-state index contributed by atoms with van der Waals surface area (Å²) in [7, 11) is 1.66. The van der Waals surface area contributed by atoms with Gasteiger partial charge in [0.2, 0.25) is 11.7 Å². The van der Waals surface area contributed by atoms with Crippen LogP contribution >= 0.6 is 0 Å². The lowest BCUT2D eigenvalue weighted by Crippen LogP contribution is -2.26. The Kier molecular flexibility index (Phi) is 3.22. The highest BCUT2D eigenvalue weighted by atomic mass is 16.5. The Bertz CT molecular complexity index is 347. The van der Waals surface area contributed by atoms with Crippen LogP contribution in [0.15, 0.2) is 4.52 Å². The van der Waals surface area contributed by atoms with E-state index in [0.29, 0.717) is 5.82 Å². The van der Waals surface area contributed by atoms with Crippen molar-refractivity contribution in [2.45, 2.75) is 37.3 Å². The van der Waals surface area contributed by atoms with Crippen molar-refractivity contribution in [2.24, 2.45) is 5.73 Å². The minimum absolute atomic E-state index is 0.207. The van der Waals surface area contributed by atoms with Crippen molar-refractivity contribution in [2.75, 3.05) is 13.7 Å². The zero-order chi connectivity index (χ0) is 11.6. The first kappa shape index (κ1) is 11.5. The zero-order valence-corrected chi connectivity index (χ0v) is 9.35. The van der Waals surface area contributed by atoms with Gasteiger partial charge in [-0.25, -0.2) is 0 Å². The lowest BCUT2D eigenvalue weighted by Gasteiger charge is -2.22. The maximum atomic E-state index is 8.90. The highest BCUT2D eigenvalue weighted by molar-refractivity contribution is 5.05. The van der Waals surface area contributed by atoms with E-state index in [4.69, 9.17) is 20.1 Å². The molecule has 1 aromatic heterocycles. The van der Waals surface area contributed by atoms with Crippen molar-refractivity contribution in [3.05, 3.63) is 11.7 Å². The molecule has 0 amide bonds. The Morgan fingerprint density at radius 1 is 1.56 bits per heavy atom. The van der Waals surface area contributed by atoms with Crippen molar-refractivity contribution >= 4 is 0 Å². The van der Waals surface area contributed by atoms with E-state index in [9.17, 15) is 0 Å². The van der Waals surface area contributed by atoms with Gasteiger partial charge in [0.15, 0.2) is 0 Å². The minimum Gasteiger partial charge on any atom is -0.394 e. The molecule has 1 aliphatic carbocycles. The molecule has 0 saturated heterocycles. The average molecular weight is 227 g/mol. The second-order valence-electron chi connectivity index (χ2n) is 4.15. The molecule has 2 rings (SSSR count). The summed E-state index contributed by atoms with van der Waals surface area (Å²) in [5.74, 6) is 0.812. The smallest absolute Gasteiger partial charge is 0.246 e. The highest BCUT2D eigenvalue weighted by Crippen LogP contribution is 2.40. The van der Waals surface area contributed by atoms with Crippen LogP contribution in [0.25, 0.3) is 0 Å². The summed E-state index contributed by atoms with van der Waals surface area (Å²) in [5.41, 5.74) is 5.18. The molecule has 0 unspecified atom stereocenters. The van der Waals surface area contributed by atoms with Gasteiger partial charge in [0.25, 0.3) is 0 Å². The maximum Gasteiger partial charge on any atom is 0.246 e. The van der Waals surface area contributed by atoms with Gasteiger partial charge in [0.05, 0.1) is 6.61 Å². The molecule has 1 atom stereocenters. The molecule has 0 spiro atoms. The van der Waals surface area contributed by atoms with Crippen LogP contribution in [0, 0.1) is 0 Å². The SMILES string of the molecule is COC1(c2noc([C@H](N)CO)n2)CCCC1. The van der Waals surface area contributed by atoms with E-state index in [0.717, 1.165) is 25.7 Å². The Labute approximate surface area is 93.8 Å². The van der Waals surface area contributed by atoms with Gasteiger partial charge in [-0.3, -0.25) is 0 Å². The van der Waals surface area contributed by atoms with Crippen molar-refractivity contribution in [1.82, 2.24) is 10.1 Å². The molecule has 6 heteroatoms. The third kappa shape index (κ3) is 1.83. The lowest BCUT2D eigenvalue weighted by molar-refractivity contribution is -0.0178.